The van der Waals surface area contributed by atoms with Gasteiger partial charge in [-0.1, -0.05) is 6.07 Å². The average Bonchev–Trinajstić information content (AvgIpc) is 3.08. The topological polar surface area (TPSA) is 74.8 Å². The summed E-state index contributed by atoms with van der Waals surface area (Å²) in [5.41, 5.74) is -2.00. The largest absolute Gasteiger partial charge is 0.419 e. The lowest BCUT2D eigenvalue weighted by molar-refractivity contribution is -0.140. The predicted molar refractivity (Wildman–Crippen MR) is 86.2 cm³/mol. The van der Waals surface area contributed by atoms with E-state index in [-0.39, 0.29) is 17.0 Å². The normalized spacial score (nSPS) is 12.2. The second kappa shape index (κ2) is 6.65. The lowest BCUT2D eigenvalue weighted by atomic mass is 10.2. The number of H-pyrrole nitrogens is 1. The summed E-state index contributed by atoms with van der Waals surface area (Å²) in [6, 6.07) is 6.18. The first-order chi connectivity index (χ1) is 12.6. The fourth-order valence-corrected chi connectivity index (χ4v) is 3.30. The number of alkyl halides is 3. The molecule has 1 aromatic carbocycles. The quantitative estimate of drug-likeness (QED) is 0.642. The predicted octanol–water partition coefficient (Wildman–Crippen LogP) is 4.17. The zero-order chi connectivity index (χ0) is 19.8. The number of nitrogens with zero attached hydrogens (tertiary/aromatic N) is 1. The third-order valence-corrected chi connectivity index (χ3v) is 4.86. The Hall–Kier alpha value is -2.95. The van der Waals surface area contributed by atoms with E-state index in [1.165, 1.54) is 12.3 Å². The molecule has 0 aliphatic carbocycles. The van der Waals surface area contributed by atoms with Crippen LogP contribution in [-0.2, 0) is 16.2 Å². The summed E-state index contributed by atoms with van der Waals surface area (Å²) in [7, 11) is -4.39. The second-order valence-corrected chi connectivity index (χ2v) is 7.06. The second-order valence-electron chi connectivity index (χ2n) is 5.38. The van der Waals surface area contributed by atoms with Gasteiger partial charge in [0.15, 0.2) is 0 Å². The number of anilines is 1. The zero-order valence-corrected chi connectivity index (χ0v) is 14.0. The highest BCUT2D eigenvalue weighted by molar-refractivity contribution is 7.92. The SMILES string of the molecule is O=S(=O)(Nc1cc(F)c(C(F)(F)F)cc1F)c1c[nH]c(-c2ccccn2)c1. The van der Waals surface area contributed by atoms with Crippen LogP contribution >= 0.6 is 0 Å². The lowest BCUT2D eigenvalue weighted by Crippen LogP contribution is -2.15. The van der Waals surface area contributed by atoms with E-state index in [1.807, 2.05) is 0 Å². The molecule has 27 heavy (non-hydrogen) atoms. The van der Waals surface area contributed by atoms with E-state index < -0.39 is 39.1 Å². The molecule has 0 atom stereocenters. The van der Waals surface area contributed by atoms with Crippen molar-refractivity contribution < 1.29 is 30.4 Å². The van der Waals surface area contributed by atoms with Crippen LogP contribution in [0.3, 0.4) is 0 Å². The molecule has 0 spiro atoms. The Morgan fingerprint density at radius 1 is 1.04 bits per heavy atom. The zero-order valence-electron chi connectivity index (χ0n) is 13.2. The fourth-order valence-electron chi connectivity index (χ4n) is 2.25. The highest BCUT2D eigenvalue weighted by Crippen LogP contribution is 2.34. The van der Waals surface area contributed by atoms with Gasteiger partial charge in [0.25, 0.3) is 10.0 Å². The minimum Gasteiger partial charge on any atom is -0.359 e. The van der Waals surface area contributed by atoms with Gasteiger partial charge in [-0.15, -0.1) is 0 Å². The van der Waals surface area contributed by atoms with E-state index in [1.54, 1.807) is 22.9 Å². The summed E-state index contributed by atoms with van der Waals surface area (Å²) in [5.74, 6) is -3.36. The van der Waals surface area contributed by atoms with Gasteiger partial charge in [0.05, 0.1) is 22.6 Å². The van der Waals surface area contributed by atoms with Crippen molar-refractivity contribution in [3.8, 4) is 11.4 Å². The van der Waals surface area contributed by atoms with E-state index in [2.05, 4.69) is 9.97 Å². The highest BCUT2D eigenvalue weighted by atomic mass is 32.2. The van der Waals surface area contributed by atoms with Gasteiger partial charge in [0, 0.05) is 18.5 Å². The summed E-state index contributed by atoms with van der Waals surface area (Å²) in [6.45, 7) is 0. The van der Waals surface area contributed by atoms with Gasteiger partial charge in [-0.05, 0) is 24.3 Å². The Kier molecular flexibility index (Phi) is 4.64. The van der Waals surface area contributed by atoms with Crippen molar-refractivity contribution in [3.63, 3.8) is 0 Å². The van der Waals surface area contributed by atoms with Crippen molar-refractivity contribution in [1.82, 2.24) is 9.97 Å². The van der Waals surface area contributed by atoms with Crippen molar-refractivity contribution in [2.45, 2.75) is 11.1 Å². The van der Waals surface area contributed by atoms with E-state index >= 15 is 0 Å². The summed E-state index contributed by atoms with van der Waals surface area (Å²) in [5, 5.41) is 0. The summed E-state index contributed by atoms with van der Waals surface area (Å²) >= 11 is 0. The van der Waals surface area contributed by atoms with Gasteiger partial charge in [-0.25, -0.2) is 17.2 Å². The van der Waals surface area contributed by atoms with E-state index in [9.17, 15) is 30.4 Å². The summed E-state index contributed by atoms with van der Waals surface area (Å²) in [4.78, 5) is 6.36. The monoisotopic (exact) mass is 403 g/mol. The van der Waals surface area contributed by atoms with Crippen molar-refractivity contribution >= 4 is 15.7 Å². The molecule has 0 fully saturated rings. The smallest absolute Gasteiger partial charge is 0.359 e. The molecular weight excluding hydrogens is 393 g/mol. The Morgan fingerprint density at radius 2 is 1.78 bits per heavy atom. The third kappa shape index (κ3) is 3.92. The van der Waals surface area contributed by atoms with Crippen LogP contribution in [0.4, 0.5) is 27.6 Å². The Balaban J connectivity index is 1.92. The molecule has 0 bridgehead atoms. The number of nitrogens with one attached hydrogen (secondary N) is 2. The molecule has 0 saturated carbocycles. The molecule has 3 aromatic rings. The Bertz CT molecular complexity index is 1080. The van der Waals surface area contributed by atoms with Gasteiger partial charge in [-0.2, -0.15) is 13.2 Å². The number of aromatic amines is 1. The van der Waals surface area contributed by atoms with E-state index in [0.29, 0.717) is 11.4 Å². The fraction of sp³-hybridized carbons (Fsp3) is 0.0625. The maximum atomic E-state index is 13.9. The van der Waals surface area contributed by atoms with E-state index in [4.69, 9.17) is 0 Å². The standard InChI is InChI=1S/C16H10F5N3O2S/c17-11-7-14(12(18)6-10(11)16(19,20)21)24-27(25,26)9-5-15(23-8-9)13-3-1-2-4-22-13/h1-8,23-24H. The first-order valence-electron chi connectivity index (χ1n) is 7.27. The molecule has 0 aliphatic heterocycles. The first kappa shape index (κ1) is 18.8. The average molecular weight is 403 g/mol. The van der Waals surface area contributed by atoms with Crippen molar-refractivity contribution in [2.24, 2.45) is 0 Å². The minimum absolute atomic E-state index is 0.108. The van der Waals surface area contributed by atoms with Gasteiger partial charge < -0.3 is 4.98 Å². The van der Waals surface area contributed by atoms with Crippen LogP contribution in [0.5, 0.6) is 0 Å². The highest BCUT2D eigenvalue weighted by Gasteiger charge is 2.35. The molecule has 0 saturated heterocycles. The summed E-state index contributed by atoms with van der Waals surface area (Å²) < 4.78 is 91.6. The van der Waals surface area contributed by atoms with Gasteiger partial charge in [0.2, 0.25) is 0 Å². The maximum Gasteiger partial charge on any atom is 0.419 e. The van der Waals surface area contributed by atoms with E-state index in [0.717, 1.165) is 6.20 Å². The van der Waals surface area contributed by atoms with Crippen LogP contribution < -0.4 is 4.72 Å². The number of hydrogen-bond donors (Lipinski definition) is 2. The molecule has 2 aromatic heterocycles. The maximum absolute atomic E-state index is 13.9. The number of benzene rings is 1. The van der Waals surface area contributed by atoms with Crippen LogP contribution in [0.25, 0.3) is 11.4 Å². The van der Waals surface area contributed by atoms with Gasteiger partial charge >= 0.3 is 6.18 Å². The molecule has 5 nitrogen and oxygen atoms in total. The molecule has 11 heteroatoms. The number of halogens is 5. The molecule has 142 valence electrons. The molecule has 0 radical (unpaired) electrons. The number of sulfonamides is 1. The third-order valence-electron chi connectivity index (χ3n) is 3.51. The van der Waals surface area contributed by atoms with Crippen LogP contribution in [0.1, 0.15) is 5.56 Å². The minimum atomic E-state index is -5.11. The number of pyridine rings is 1. The molecular formula is C16H10F5N3O2S. The van der Waals surface area contributed by atoms with Crippen molar-refractivity contribution in [3.05, 3.63) is 66.0 Å². The van der Waals surface area contributed by atoms with Crippen molar-refractivity contribution in [2.75, 3.05) is 4.72 Å². The number of aromatic nitrogens is 2. The van der Waals surface area contributed by atoms with Crippen LogP contribution in [0.2, 0.25) is 0 Å². The Labute approximate surface area is 149 Å². The number of hydrogen-bond acceptors (Lipinski definition) is 3. The molecule has 0 aliphatic rings. The molecule has 2 N–H and O–H groups in total. The molecule has 3 rings (SSSR count). The lowest BCUT2D eigenvalue weighted by Gasteiger charge is -2.12. The van der Waals surface area contributed by atoms with Crippen molar-refractivity contribution in [1.29, 1.82) is 0 Å². The number of rotatable bonds is 4. The molecule has 2 heterocycles. The summed E-state index contributed by atoms with van der Waals surface area (Å²) in [6.07, 6.45) is -2.53. The first-order valence-corrected chi connectivity index (χ1v) is 8.75. The van der Waals surface area contributed by atoms with Crippen LogP contribution in [-0.4, -0.2) is 18.4 Å². The van der Waals surface area contributed by atoms with Crippen LogP contribution in [0.15, 0.2) is 53.7 Å². The van der Waals surface area contributed by atoms with Gasteiger partial charge in [-0.3, -0.25) is 9.71 Å². The van der Waals surface area contributed by atoms with Gasteiger partial charge in [0.1, 0.15) is 16.5 Å². The molecule has 0 unspecified atom stereocenters. The molecule has 0 amide bonds. The Morgan fingerprint density at radius 3 is 2.41 bits per heavy atom. The van der Waals surface area contributed by atoms with Crippen LogP contribution in [0, 0.1) is 11.6 Å².